The monoisotopic (exact) mass is 467 g/mol. The molecule has 1 aromatic heterocycles. The van der Waals surface area contributed by atoms with Crippen LogP contribution in [0.25, 0.3) is 11.1 Å². The van der Waals surface area contributed by atoms with Crippen molar-refractivity contribution < 1.29 is 9.59 Å². The van der Waals surface area contributed by atoms with Gasteiger partial charge in [-0.05, 0) is 69.9 Å². The molecule has 2 heterocycles. The van der Waals surface area contributed by atoms with Gasteiger partial charge < -0.3 is 15.1 Å². The summed E-state index contributed by atoms with van der Waals surface area (Å²) in [5.74, 6) is -0.260. The molecule has 0 unspecified atom stereocenters. The minimum absolute atomic E-state index is 0.0806. The van der Waals surface area contributed by atoms with Crippen LogP contribution in [0, 0.1) is 0 Å². The minimum Gasteiger partial charge on any atom is -0.378 e. The lowest BCUT2D eigenvalue weighted by Gasteiger charge is -2.17. The largest absolute Gasteiger partial charge is 0.378 e. The molecule has 35 heavy (non-hydrogen) atoms. The lowest BCUT2D eigenvalue weighted by atomic mass is 9.98. The number of nitrogens with zero attached hydrogens (tertiary/aromatic N) is 6. The van der Waals surface area contributed by atoms with E-state index in [1.54, 1.807) is 4.90 Å². The van der Waals surface area contributed by atoms with E-state index in [2.05, 4.69) is 20.8 Å². The molecule has 1 N–H and O–H groups in total. The topological polar surface area (TPSA) is 96.2 Å². The van der Waals surface area contributed by atoms with Crippen LogP contribution in [0.2, 0.25) is 0 Å². The summed E-state index contributed by atoms with van der Waals surface area (Å²) in [6, 6.07) is 21.4. The normalized spacial score (nSPS) is 12.3. The zero-order chi connectivity index (χ0) is 24.4. The number of amides is 2. The predicted octanol–water partition coefficient (Wildman–Crippen LogP) is 3.25. The standard InChI is InChI=1S/C26H25N7O2/c1-31(2)21-10-7-18(8-11-21)22-5-3-4-6-23(22)26(35)28-20-9-12-24-19(15-20)13-14-33(24)25(34)16-32-17-27-29-30-32/h3-12,15,17H,13-14,16H2,1-2H3,(H,28,35). The Balaban J connectivity index is 1.33. The average Bonchev–Trinajstić information content (AvgIpc) is 3.53. The van der Waals surface area contributed by atoms with Crippen LogP contribution in [-0.4, -0.2) is 52.7 Å². The number of nitrogens with one attached hydrogen (secondary N) is 1. The van der Waals surface area contributed by atoms with Crippen molar-refractivity contribution in [3.05, 3.63) is 84.2 Å². The highest BCUT2D eigenvalue weighted by Gasteiger charge is 2.25. The van der Waals surface area contributed by atoms with Gasteiger partial charge in [0.2, 0.25) is 5.91 Å². The third-order valence-corrected chi connectivity index (χ3v) is 6.09. The molecule has 0 bridgehead atoms. The summed E-state index contributed by atoms with van der Waals surface area (Å²) < 4.78 is 1.40. The minimum atomic E-state index is -0.179. The molecule has 9 nitrogen and oxygen atoms in total. The van der Waals surface area contributed by atoms with Crippen LogP contribution < -0.4 is 15.1 Å². The fourth-order valence-electron chi connectivity index (χ4n) is 4.29. The molecule has 0 saturated carbocycles. The van der Waals surface area contributed by atoms with Crippen LogP contribution in [0.5, 0.6) is 0 Å². The molecule has 1 aliphatic rings. The highest BCUT2D eigenvalue weighted by Crippen LogP contribution is 2.32. The second-order valence-electron chi connectivity index (χ2n) is 8.59. The van der Waals surface area contributed by atoms with Gasteiger partial charge in [-0.15, -0.1) is 5.10 Å². The quantitative estimate of drug-likeness (QED) is 0.468. The summed E-state index contributed by atoms with van der Waals surface area (Å²) >= 11 is 0. The van der Waals surface area contributed by atoms with Crippen LogP contribution in [0.15, 0.2) is 73.1 Å². The third-order valence-electron chi connectivity index (χ3n) is 6.09. The predicted molar refractivity (Wildman–Crippen MR) is 134 cm³/mol. The fraction of sp³-hybridized carbons (Fsp3) is 0.192. The van der Waals surface area contributed by atoms with E-state index in [1.165, 1.54) is 11.0 Å². The van der Waals surface area contributed by atoms with Gasteiger partial charge in [-0.2, -0.15) is 0 Å². The van der Waals surface area contributed by atoms with Gasteiger partial charge in [0.05, 0.1) is 0 Å². The third kappa shape index (κ3) is 4.61. The molecular weight excluding hydrogens is 442 g/mol. The van der Waals surface area contributed by atoms with E-state index in [0.717, 1.165) is 34.5 Å². The summed E-state index contributed by atoms with van der Waals surface area (Å²) in [5.41, 5.74) is 6.11. The molecule has 0 aliphatic carbocycles. The summed E-state index contributed by atoms with van der Waals surface area (Å²) in [5, 5.41) is 13.9. The van der Waals surface area contributed by atoms with Crippen molar-refractivity contribution in [2.75, 3.05) is 35.8 Å². The number of hydrogen-bond donors (Lipinski definition) is 1. The SMILES string of the molecule is CN(C)c1ccc(-c2ccccc2C(=O)Nc2ccc3c(c2)CCN3C(=O)Cn2cnnn2)cc1. The van der Waals surface area contributed by atoms with E-state index < -0.39 is 0 Å². The lowest BCUT2D eigenvalue weighted by Crippen LogP contribution is -2.32. The number of anilines is 3. The Kier molecular flexibility index (Phi) is 5.97. The Labute approximate surface area is 203 Å². The van der Waals surface area contributed by atoms with E-state index in [0.29, 0.717) is 17.8 Å². The van der Waals surface area contributed by atoms with Gasteiger partial charge in [-0.25, -0.2) is 4.68 Å². The maximum absolute atomic E-state index is 13.2. The zero-order valence-electron chi connectivity index (χ0n) is 19.5. The van der Waals surface area contributed by atoms with Crippen molar-refractivity contribution in [2.45, 2.75) is 13.0 Å². The van der Waals surface area contributed by atoms with E-state index in [-0.39, 0.29) is 18.4 Å². The van der Waals surface area contributed by atoms with Crippen molar-refractivity contribution in [2.24, 2.45) is 0 Å². The molecule has 176 valence electrons. The first kappa shape index (κ1) is 22.3. The first-order valence-corrected chi connectivity index (χ1v) is 11.3. The number of aromatic nitrogens is 4. The molecule has 4 aromatic rings. The van der Waals surface area contributed by atoms with Gasteiger partial charge in [0.1, 0.15) is 12.9 Å². The van der Waals surface area contributed by atoms with Crippen LogP contribution >= 0.6 is 0 Å². The highest BCUT2D eigenvalue weighted by atomic mass is 16.2. The highest BCUT2D eigenvalue weighted by molar-refractivity contribution is 6.09. The molecule has 5 rings (SSSR count). The van der Waals surface area contributed by atoms with E-state index in [4.69, 9.17) is 0 Å². The van der Waals surface area contributed by atoms with Crippen LogP contribution in [0.4, 0.5) is 17.1 Å². The molecule has 0 spiro atoms. The van der Waals surface area contributed by atoms with Gasteiger partial charge in [-0.3, -0.25) is 9.59 Å². The van der Waals surface area contributed by atoms with Crippen molar-refractivity contribution >= 4 is 28.9 Å². The summed E-state index contributed by atoms with van der Waals surface area (Å²) in [7, 11) is 3.99. The zero-order valence-corrected chi connectivity index (χ0v) is 19.5. The van der Waals surface area contributed by atoms with Gasteiger partial charge in [0, 0.05) is 43.3 Å². The Morgan fingerprint density at radius 3 is 2.57 bits per heavy atom. The Morgan fingerprint density at radius 1 is 1.03 bits per heavy atom. The van der Waals surface area contributed by atoms with Crippen LogP contribution in [-0.2, 0) is 17.8 Å². The van der Waals surface area contributed by atoms with Gasteiger partial charge >= 0.3 is 0 Å². The smallest absolute Gasteiger partial charge is 0.256 e. The van der Waals surface area contributed by atoms with Gasteiger partial charge in [0.25, 0.3) is 5.91 Å². The number of tetrazole rings is 1. The number of fused-ring (bicyclic) bond motifs is 1. The second-order valence-corrected chi connectivity index (χ2v) is 8.59. The number of rotatable bonds is 6. The molecular formula is C26H25N7O2. The second kappa shape index (κ2) is 9.38. The van der Waals surface area contributed by atoms with Gasteiger partial charge in [0.15, 0.2) is 0 Å². The molecule has 9 heteroatoms. The number of benzene rings is 3. The first-order chi connectivity index (χ1) is 17.0. The van der Waals surface area contributed by atoms with Crippen molar-refractivity contribution in [1.82, 2.24) is 20.2 Å². The molecule has 2 amide bonds. The summed E-state index contributed by atoms with van der Waals surface area (Å²) in [4.78, 5) is 29.7. The maximum atomic E-state index is 13.2. The van der Waals surface area contributed by atoms with Crippen LogP contribution in [0.1, 0.15) is 15.9 Å². The fourth-order valence-corrected chi connectivity index (χ4v) is 4.29. The van der Waals surface area contributed by atoms with Crippen LogP contribution in [0.3, 0.4) is 0 Å². The van der Waals surface area contributed by atoms with Crippen molar-refractivity contribution in [1.29, 1.82) is 0 Å². The molecule has 3 aromatic carbocycles. The molecule has 1 aliphatic heterocycles. The molecule has 0 radical (unpaired) electrons. The Hall–Kier alpha value is -4.53. The number of carbonyl (C=O) groups is 2. The van der Waals surface area contributed by atoms with E-state index in [1.807, 2.05) is 85.7 Å². The van der Waals surface area contributed by atoms with E-state index >= 15 is 0 Å². The van der Waals surface area contributed by atoms with Crippen molar-refractivity contribution in [3.63, 3.8) is 0 Å². The average molecular weight is 468 g/mol. The Morgan fingerprint density at radius 2 is 1.83 bits per heavy atom. The number of hydrogen-bond acceptors (Lipinski definition) is 6. The summed E-state index contributed by atoms with van der Waals surface area (Å²) in [6.45, 7) is 0.663. The van der Waals surface area contributed by atoms with Crippen molar-refractivity contribution in [3.8, 4) is 11.1 Å². The van der Waals surface area contributed by atoms with E-state index in [9.17, 15) is 9.59 Å². The molecule has 0 atom stereocenters. The summed E-state index contributed by atoms with van der Waals surface area (Å²) in [6.07, 6.45) is 2.14. The Bertz CT molecular complexity index is 1360. The molecule has 0 fully saturated rings. The molecule has 0 saturated heterocycles. The lowest BCUT2D eigenvalue weighted by molar-refractivity contribution is -0.119. The van der Waals surface area contributed by atoms with Gasteiger partial charge in [-0.1, -0.05) is 30.3 Å². The first-order valence-electron chi connectivity index (χ1n) is 11.3. The maximum Gasteiger partial charge on any atom is 0.256 e. The number of carbonyl (C=O) groups excluding carboxylic acids is 2.